The van der Waals surface area contributed by atoms with Crippen LogP contribution in [0.25, 0.3) is 0 Å². The van der Waals surface area contributed by atoms with E-state index in [1.165, 1.54) is 0 Å². The summed E-state index contributed by atoms with van der Waals surface area (Å²) in [6.45, 7) is 1.09. The first kappa shape index (κ1) is 9.38. The van der Waals surface area contributed by atoms with Crippen LogP contribution in [0.3, 0.4) is 0 Å². The fourth-order valence-corrected chi connectivity index (χ4v) is 0.838. The highest BCUT2D eigenvalue weighted by atomic mass is 32.2. The summed E-state index contributed by atoms with van der Waals surface area (Å²) < 4.78 is 32.2. The van der Waals surface area contributed by atoms with Crippen molar-refractivity contribution in [3.63, 3.8) is 0 Å². The molecule has 1 N–H and O–H groups in total. The summed E-state index contributed by atoms with van der Waals surface area (Å²) in [5.74, 6) is -0.394. The Hall–Kier alpha value is -0.620. The van der Waals surface area contributed by atoms with Crippen LogP contribution in [0.5, 0.6) is 0 Å². The summed E-state index contributed by atoms with van der Waals surface area (Å²) in [5.41, 5.74) is 0. The lowest BCUT2D eigenvalue weighted by Crippen LogP contribution is -2.06. The predicted molar refractivity (Wildman–Crippen MR) is 32.7 cm³/mol. The van der Waals surface area contributed by atoms with Gasteiger partial charge in [-0.15, -0.1) is 0 Å². The Labute approximate surface area is 58.7 Å². The second kappa shape index (κ2) is 4.24. The molecule has 5 nitrogen and oxygen atoms in total. The molecule has 6 heteroatoms. The molecule has 0 aliphatic carbocycles. The summed E-state index contributed by atoms with van der Waals surface area (Å²) in [5, 5.41) is 0. The Kier molecular flexibility index (Phi) is 3.97. The molecule has 0 atom stereocenters. The molecule has 0 aromatic carbocycles. The van der Waals surface area contributed by atoms with Crippen LogP contribution in [0.1, 0.15) is 6.42 Å². The van der Waals surface area contributed by atoms with Crippen LogP contribution in [0.2, 0.25) is 0 Å². The third-order valence-corrected chi connectivity index (χ3v) is 1.51. The summed E-state index contributed by atoms with van der Waals surface area (Å²) in [6.07, 6.45) is 0.0913. The fourth-order valence-electron chi connectivity index (χ4n) is 0.355. The van der Waals surface area contributed by atoms with E-state index in [0.717, 1.165) is 6.47 Å². The number of hydrogen-bond acceptors (Lipinski definition) is 4. The third-order valence-electron chi connectivity index (χ3n) is 0.708. The van der Waals surface area contributed by atoms with Gasteiger partial charge >= 0.3 is 6.47 Å². The quantitative estimate of drug-likeness (QED) is 0.434. The predicted octanol–water partition coefficient (Wildman–Crippen LogP) is -0.652. The van der Waals surface area contributed by atoms with Crippen molar-refractivity contribution < 1.29 is 22.5 Å². The lowest BCUT2D eigenvalue weighted by Gasteiger charge is -1.94. The Balaban J connectivity index is 3.29. The van der Waals surface area contributed by atoms with Crippen molar-refractivity contribution >= 4 is 16.6 Å². The molecule has 10 heavy (non-hydrogen) atoms. The monoisotopic (exact) mass is 167 g/mol. The normalized spacial score (nSPS) is 10.9. The van der Waals surface area contributed by atoms with Gasteiger partial charge in [-0.05, 0) is 6.42 Å². The lowest BCUT2D eigenvalue weighted by atomic mass is 10.5. The van der Waals surface area contributed by atoms with E-state index in [1.54, 1.807) is 0 Å². The van der Waals surface area contributed by atoms with E-state index in [1.807, 2.05) is 0 Å². The zero-order valence-corrected chi connectivity index (χ0v) is 5.93. The lowest BCUT2D eigenvalue weighted by molar-refractivity contribution is 0.277. The minimum atomic E-state index is -3.91. The Morgan fingerprint density at radius 2 is 2.10 bits per heavy atom. The van der Waals surface area contributed by atoms with Gasteiger partial charge in [0.2, 0.25) is 0 Å². The molecule has 0 aromatic rings. The van der Waals surface area contributed by atoms with Crippen LogP contribution >= 0.6 is 0 Å². The van der Waals surface area contributed by atoms with Crippen LogP contribution in [0, 0.1) is 0 Å². The SMILES string of the molecule is O=[C]OCCCS(=O)(=O)O. The molecule has 0 fully saturated rings. The fraction of sp³-hybridized carbons (Fsp3) is 0.750. The molecule has 0 bridgehead atoms. The molecule has 0 rings (SSSR count). The van der Waals surface area contributed by atoms with Gasteiger partial charge in [-0.1, -0.05) is 0 Å². The average molecular weight is 167 g/mol. The summed E-state index contributed by atoms with van der Waals surface area (Å²) in [4.78, 5) is 9.37. The van der Waals surface area contributed by atoms with Gasteiger partial charge < -0.3 is 4.74 Å². The molecule has 0 spiro atoms. The molecule has 0 aromatic heterocycles. The smallest absolute Gasteiger partial charge is 0.417 e. The largest absolute Gasteiger partial charge is 0.457 e. The first-order valence-corrected chi connectivity index (χ1v) is 4.11. The summed E-state index contributed by atoms with van der Waals surface area (Å²) in [7, 11) is -3.91. The van der Waals surface area contributed by atoms with Gasteiger partial charge in [0.25, 0.3) is 10.1 Å². The molecule has 0 unspecified atom stereocenters. The third kappa shape index (κ3) is 7.38. The molecule has 59 valence electrons. The van der Waals surface area contributed by atoms with E-state index in [9.17, 15) is 13.2 Å². The maximum Gasteiger partial charge on any atom is 0.417 e. The Morgan fingerprint density at radius 1 is 1.50 bits per heavy atom. The number of ether oxygens (including phenoxy) is 1. The Bertz CT molecular complexity index is 182. The zero-order valence-electron chi connectivity index (χ0n) is 5.11. The number of rotatable bonds is 5. The van der Waals surface area contributed by atoms with Gasteiger partial charge in [0.05, 0.1) is 12.4 Å². The standard InChI is InChI=1S/C4H7O5S/c5-4-9-2-1-3-10(6,7)8/h1-3H2,(H,6,7,8). The molecular formula is C4H7O5S. The van der Waals surface area contributed by atoms with Crippen LogP contribution in [-0.2, 0) is 19.6 Å². The van der Waals surface area contributed by atoms with Crippen molar-refractivity contribution in [2.24, 2.45) is 0 Å². The van der Waals surface area contributed by atoms with Gasteiger partial charge in [-0.2, -0.15) is 8.42 Å². The first-order valence-electron chi connectivity index (χ1n) is 2.50. The molecule has 0 amide bonds. The first-order chi connectivity index (χ1) is 4.56. The molecule has 0 saturated carbocycles. The second-order valence-electron chi connectivity index (χ2n) is 1.57. The molecule has 0 aliphatic rings. The average Bonchev–Trinajstić information content (AvgIpc) is 1.78. The Morgan fingerprint density at radius 3 is 2.50 bits per heavy atom. The molecule has 0 saturated heterocycles. The minimum Gasteiger partial charge on any atom is -0.457 e. The van der Waals surface area contributed by atoms with Crippen molar-refractivity contribution in [1.82, 2.24) is 0 Å². The number of carbonyl (C=O) groups excluding carboxylic acids is 1. The van der Waals surface area contributed by atoms with Gasteiger partial charge in [0, 0.05) is 0 Å². The summed E-state index contributed by atoms with van der Waals surface area (Å²) in [6, 6.07) is 0. The van der Waals surface area contributed by atoms with E-state index < -0.39 is 15.9 Å². The van der Waals surface area contributed by atoms with Gasteiger partial charge in [0.1, 0.15) is 0 Å². The van der Waals surface area contributed by atoms with Crippen molar-refractivity contribution in [2.75, 3.05) is 12.4 Å². The minimum absolute atomic E-state index is 0.0384. The van der Waals surface area contributed by atoms with E-state index in [2.05, 4.69) is 4.74 Å². The van der Waals surface area contributed by atoms with Crippen LogP contribution in [-0.4, -0.2) is 31.8 Å². The van der Waals surface area contributed by atoms with E-state index in [0.29, 0.717) is 0 Å². The van der Waals surface area contributed by atoms with Crippen LogP contribution < -0.4 is 0 Å². The maximum atomic E-state index is 10.00. The van der Waals surface area contributed by atoms with Gasteiger partial charge in [-0.3, -0.25) is 4.55 Å². The van der Waals surface area contributed by atoms with E-state index >= 15 is 0 Å². The van der Waals surface area contributed by atoms with Crippen molar-refractivity contribution in [2.45, 2.75) is 6.42 Å². The van der Waals surface area contributed by atoms with Crippen LogP contribution in [0.4, 0.5) is 0 Å². The second-order valence-corrected chi connectivity index (χ2v) is 3.14. The molecule has 0 heterocycles. The van der Waals surface area contributed by atoms with Gasteiger partial charge in [0.15, 0.2) is 0 Å². The topological polar surface area (TPSA) is 80.7 Å². The van der Waals surface area contributed by atoms with Crippen molar-refractivity contribution in [3.8, 4) is 0 Å². The van der Waals surface area contributed by atoms with Crippen molar-refractivity contribution in [3.05, 3.63) is 0 Å². The van der Waals surface area contributed by atoms with E-state index in [4.69, 9.17) is 4.55 Å². The molecule has 1 radical (unpaired) electrons. The highest BCUT2D eigenvalue weighted by molar-refractivity contribution is 7.85. The van der Waals surface area contributed by atoms with Crippen LogP contribution in [0.15, 0.2) is 0 Å². The number of hydrogen-bond donors (Lipinski definition) is 1. The van der Waals surface area contributed by atoms with Crippen molar-refractivity contribution in [1.29, 1.82) is 0 Å². The molecular weight excluding hydrogens is 160 g/mol. The maximum absolute atomic E-state index is 10.00. The summed E-state index contributed by atoms with van der Waals surface area (Å²) >= 11 is 0. The van der Waals surface area contributed by atoms with E-state index in [-0.39, 0.29) is 13.0 Å². The van der Waals surface area contributed by atoms with Gasteiger partial charge in [-0.25, -0.2) is 4.79 Å². The zero-order chi connectivity index (χ0) is 8.04. The highest BCUT2D eigenvalue weighted by Gasteiger charge is 2.02. The molecule has 0 aliphatic heterocycles. The highest BCUT2D eigenvalue weighted by Crippen LogP contribution is 1.87.